The van der Waals surface area contributed by atoms with E-state index in [0.717, 1.165) is 12.1 Å². The first-order valence-corrected chi connectivity index (χ1v) is 3.83. The minimum absolute atomic E-state index is 0.119. The molecule has 0 spiro atoms. The van der Waals surface area contributed by atoms with Gasteiger partial charge in [0.1, 0.15) is 11.6 Å². The van der Waals surface area contributed by atoms with E-state index < -0.39 is 30.1 Å². The Kier molecular flexibility index (Phi) is 3.14. The number of carbonyl (C=O) groups is 1. The molecule has 0 saturated carbocycles. The molecule has 1 aromatic carbocycles. The Balaban J connectivity index is 2.89. The summed E-state index contributed by atoms with van der Waals surface area (Å²) in [5.74, 6) is -3.21. The van der Waals surface area contributed by atoms with Crippen molar-refractivity contribution in [3.05, 3.63) is 35.4 Å². The van der Waals surface area contributed by atoms with E-state index in [4.69, 9.17) is 0 Å². The van der Waals surface area contributed by atoms with Gasteiger partial charge in [0, 0.05) is 18.5 Å². The van der Waals surface area contributed by atoms with Crippen LogP contribution in [0.4, 0.5) is 8.78 Å². The minimum atomic E-state index is -1.48. The fraction of sp³-hybridized carbons (Fsp3) is 0.222. The molecule has 0 saturated heterocycles. The van der Waals surface area contributed by atoms with Crippen LogP contribution in [0.3, 0.4) is 0 Å². The lowest BCUT2D eigenvalue weighted by atomic mass is 10.1. The van der Waals surface area contributed by atoms with E-state index in [0.29, 0.717) is 6.07 Å². The molecule has 3 nitrogen and oxygen atoms in total. The lowest BCUT2D eigenvalue weighted by Gasteiger charge is -2.11. The first kappa shape index (κ1) is 10.6. The van der Waals surface area contributed by atoms with Crippen LogP contribution in [0.2, 0.25) is 0 Å². The fourth-order valence-corrected chi connectivity index (χ4v) is 1.04. The van der Waals surface area contributed by atoms with Gasteiger partial charge in [0.25, 0.3) is 0 Å². The lowest BCUT2D eigenvalue weighted by Crippen LogP contribution is -2.24. The molecule has 0 amide bonds. The van der Waals surface area contributed by atoms with Gasteiger partial charge in [-0.05, 0) is 17.7 Å². The molecule has 76 valence electrons. The number of hydrogen-bond donors (Lipinski definition) is 1. The SMILES string of the molecule is O=C([O-])CC(O)c1cc(F)cc(F)c1. The van der Waals surface area contributed by atoms with Crippen molar-refractivity contribution in [1.82, 2.24) is 0 Å². The summed E-state index contributed by atoms with van der Waals surface area (Å²) in [6.07, 6.45) is -2.15. The maximum absolute atomic E-state index is 12.6. The van der Waals surface area contributed by atoms with Crippen molar-refractivity contribution in [3.63, 3.8) is 0 Å². The zero-order valence-electron chi connectivity index (χ0n) is 7.04. The van der Waals surface area contributed by atoms with Crippen molar-refractivity contribution in [3.8, 4) is 0 Å². The molecule has 1 rings (SSSR count). The van der Waals surface area contributed by atoms with Crippen LogP contribution in [-0.2, 0) is 4.79 Å². The van der Waals surface area contributed by atoms with Gasteiger partial charge in [-0.15, -0.1) is 0 Å². The molecule has 5 heteroatoms. The van der Waals surface area contributed by atoms with E-state index >= 15 is 0 Å². The number of aliphatic hydroxyl groups excluding tert-OH is 1. The lowest BCUT2D eigenvalue weighted by molar-refractivity contribution is -0.307. The van der Waals surface area contributed by atoms with Crippen molar-refractivity contribution in [2.75, 3.05) is 0 Å². The van der Waals surface area contributed by atoms with E-state index in [1.54, 1.807) is 0 Å². The Hall–Kier alpha value is -1.49. The van der Waals surface area contributed by atoms with Gasteiger partial charge in [0.15, 0.2) is 0 Å². The maximum atomic E-state index is 12.6. The molecule has 0 radical (unpaired) electrons. The van der Waals surface area contributed by atoms with E-state index in [2.05, 4.69) is 0 Å². The molecular formula is C9H7F2O3-. The number of carbonyl (C=O) groups excluding carboxylic acids is 1. The monoisotopic (exact) mass is 201 g/mol. The zero-order chi connectivity index (χ0) is 10.7. The predicted molar refractivity (Wildman–Crippen MR) is 40.9 cm³/mol. The molecule has 0 aliphatic rings. The van der Waals surface area contributed by atoms with Crippen molar-refractivity contribution in [2.24, 2.45) is 0 Å². The summed E-state index contributed by atoms with van der Waals surface area (Å²) in [4.78, 5) is 10.1. The molecule has 1 atom stereocenters. The quantitative estimate of drug-likeness (QED) is 0.756. The molecule has 0 fully saturated rings. The van der Waals surface area contributed by atoms with Gasteiger partial charge in [-0.2, -0.15) is 0 Å². The number of aliphatic hydroxyl groups is 1. The topological polar surface area (TPSA) is 60.4 Å². The fourth-order valence-electron chi connectivity index (χ4n) is 1.04. The molecule has 0 aliphatic carbocycles. The maximum Gasteiger partial charge on any atom is 0.126 e. The summed E-state index contributed by atoms with van der Waals surface area (Å²) >= 11 is 0. The van der Waals surface area contributed by atoms with Gasteiger partial charge in [0.05, 0.1) is 6.10 Å². The third-order valence-corrected chi connectivity index (χ3v) is 1.63. The average molecular weight is 201 g/mol. The van der Waals surface area contributed by atoms with Gasteiger partial charge in [-0.3, -0.25) is 0 Å². The van der Waals surface area contributed by atoms with Gasteiger partial charge in [0.2, 0.25) is 0 Å². The van der Waals surface area contributed by atoms with Gasteiger partial charge in [-0.1, -0.05) is 0 Å². The Morgan fingerprint density at radius 1 is 1.36 bits per heavy atom. The van der Waals surface area contributed by atoms with Crippen LogP contribution in [0.1, 0.15) is 18.1 Å². The second-order valence-corrected chi connectivity index (χ2v) is 2.79. The summed E-state index contributed by atoms with van der Waals surface area (Å²) in [7, 11) is 0. The zero-order valence-corrected chi connectivity index (χ0v) is 7.04. The summed E-state index contributed by atoms with van der Waals surface area (Å²) in [5, 5.41) is 19.3. The molecule has 1 aromatic rings. The molecular weight excluding hydrogens is 194 g/mol. The van der Waals surface area contributed by atoms with Gasteiger partial charge < -0.3 is 15.0 Å². The van der Waals surface area contributed by atoms with E-state index in [1.165, 1.54) is 0 Å². The van der Waals surface area contributed by atoms with Crippen molar-refractivity contribution >= 4 is 5.97 Å². The average Bonchev–Trinajstić information content (AvgIpc) is 2.00. The van der Waals surface area contributed by atoms with Gasteiger partial charge in [-0.25, -0.2) is 8.78 Å². The highest BCUT2D eigenvalue weighted by Gasteiger charge is 2.10. The van der Waals surface area contributed by atoms with Crippen LogP contribution < -0.4 is 5.11 Å². The van der Waals surface area contributed by atoms with Crippen LogP contribution in [0.25, 0.3) is 0 Å². The highest BCUT2D eigenvalue weighted by molar-refractivity contribution is 5.65. The van der Waals surface area contributed by atoms with Crippen LogP contribution in [-0.4, -0.2) is 11.1 Å². The number of halogens is 2. The van der Waals surface area contributed by atoms with E-state index in [-0.39, 0.29) is 5.56 Å². The molecule has 0 heterocycles. The summed E-state index contributed by atoms with van der Waals surface area (Å²) < 4.78 is 25.2. The molecule has 1 unspecified atom stereocenters. The Bertz CT molecular complexity index is 332. The molecule has 0 bridgehead atoms. The number of hydrogen-bond acceptors (Lipinski definition) is 3. The summed E-state index contributed by atoms with van der Waals surface area (Å²) in [6.45, 7) is 0. The smallest absolute Gasteiger partial charge is 0.126 e. The molecule has 14 heavy (non-hydrogen) atoms. The second-order valence-electron chi connectivity index (χ2n) is 2.79. The van der Waals surface area contributed by atoms with E-state index in [1.807, 2.05) is 0 Å². The number of carboxylic acids is 1. The summed E-state index contributed by atoms with van der Waals surface area (Å²) in [6, 6.07) is 2.38. The minimum Gasteiger partial charge on any atom is -0.550 e. The highest BCUT2D eigenvalue weighted by atomic mass is 19.1. The standard InChI is InChI=1S/C9H8F2O3/c10-6-1-5(2-7(11)3-6)8(12)4-9(13)14/h1-3,8,12H,4H2,(H,13,14)/p-1. The van der Waals surface area contributed by atoms with Crippen molar-refractivity contribution in [2.45, 2.75) is 12.5 Å². The third kappa shape index (κ3) is 2.77. The van der Waals surface area contributed by atoms with Gasteiger partial charge >= 0.3 is 0 Å². The normalized spacial score (nSPS) is 12.5. The first-order chi connectivity index (χ1) is 6.49. The molecule has 0 aromatic heterocycles. The molecule has 1 N–H and O–H groups in total. The first-order valence-electron chi connectivity index (χ1n) is 3.83. The van der Waals surface area contributed by atoms with Crippen molar-refractivity contribution in [1.29, 1.82) is 0 Å². The number of carboxylic acid groups (broad SMARTS) is 1. The van der Waals surface area contributed by atoms with Crippen LogP contribution in [0.15, 0.2) is 18.2 Å². The largest absolute Gasteiger partial charge is 0.550 e. The second kappa shape index (κ2) is 4.15. The predicted octanol–water partition coefficient (Wildman–Crippen LogP) is 0.138. The number of rotatable bonds is 3. The van der Waals surface area contributed by atoms with Crippen LogP contribution >= 0.6 is 0 Å². The number of aliphatic carboxylic acids is 1. The summed E-state index contributed by atoms with van der Waals surface area (Å²) in [5.41, 5.74) is -0.119. The third-order valence-electron chi connectivity index (χ3n) is 1.63. The Morgan fingerprint density at radius 3 is 2.29 bits per heavy atom. The van der Waals surface area contributed by atoms with Crippen molar-refractivity contribution < 1.29 is 23.8 Å². The Morgan fingerprint density at radius 2 is 1.86 bits per heavy atom. The van der Waals surface area contributed by atoms with Crippen LogP contribution in [0, 0.1) is 11.6 Å². The van der Waals surface area contributed by atoms with Crippen LogP contribution in [0.5, 0.6) is 0 Å². The highest BCUT2D eigenvalue weighted by Crippen LogP contribution is 2.18. The molecule has 0 aliphatic heterocycles. The van der Waals surface area contributed by atoms with E-state index in [9.17, 15) is 23.8 Å². The Labute approximate surface area is 78.6 Å². The number of benzene rings is 1.